The Morgan fingerprint density at radius 3 is 2.70 bits per heavy atom. The van der Waals surface area contributed by atoms with Crippen LogP contribution in [0, 0.1) is 0 Å². The number of H-pyrrole nitrogens is 1. The standard InChI is InChI=1S/C17H21N5O/c23-17(20-14-3-1-9-22-10-2-4-15(14)22)13-7-5-12(6-8-13)16-18-11-19-21-16/h5-8,11,14-15H,1-4,9-10H2,(H,20,23)(H,18,19,21)/t14-,15-/m0/s1. The number of hydrogen-bond acceptors (Lipinski definition) is 4. The molecule has 4 rings (SSSR count). The van der Waals surface area contributed by atoms with Crippen LogP contribution in [0.1, 0.15) is 36.0 Å². The van der Waals surface area contributed by atoms with Gasteiger partial charge in [0.2, 0.25) is 0 Å². The predicted octanol–water partition coefficient (Wildman–Crippen LogP) is 1.83. The molecule has 0 radical (unpaired) electrons. The fraction of sp³-hybridized carbons (Fsp3) is 0.471. The fourth-order valence-corrected chi connectivity index (χ4v) is 3.84. The molecule has 2 N–H and O–H groups in total. The Kier molecular flexibility index (Phi) is 3.83. The highest BCUT2D eigenvalue weighted by Gasteiger charge is 2.35. The summed E-state index contributed by atoms with van der Waals surface area (Å²) in [6, 6.07) is 8.31. The van der Waals surface area contributed by atoms with Crippen molar-refractivity contribution in [2.75, 3.05) is 13.1 Å². The van der Waals surface area contributed by atoms with Gasteiger partial charge in [-0.1, -0.05) is 12.1 Å². The van der Waals surface area contributed by atoms with Crippen LogP contribution >= 0.6 is 0 Å². The largest absolute Gasteiger partial charge is 0.348 e. The van der Waals surface area contributed by atoms with Crippen LogP contribution in [0.25, 0.3) is 11.4 Å². The minimum absolute atomic E-state index is 0.0212. The molecule has 0 unspecified atom stereocenters. The summed E-state index contributed by atoms with van der Waals surface area (Å²) >= 11 is 0. The SMILES string of the molecule is O=C(N[C@H]1CCCN2CCC[C@@H]12)c1ccc(-c2ncn[nH]2)cc1. The van der Waals surface area contributed by atoms with Crippen LogP contribution in [0.3, 0.4) is 0 Å². The quantitative estimate of drug-likeness (QED) is 0.907. The smallest absolute Gasteiger partial charge is 0.251 e. The first-order valence-corrected chi connectivity index (χ1v) is 8.32. The number of piperidine rings is 1. The molecule has 0 saturated carbocycles. The number of fused-ring (bicyclic) bond motifs is 1. The second-order valence-electron chi connectivity index (χ2n) is 6.38. The summed E-state index contributed by atoms with van der Waals surface area (Å²) in [5.41, 5.74) is 1.63. The van der Waals surface area contributed by atoms with Crippen molar-refractivity contribution in [3.05, 3.63) is 36.2 Å². The zero-order valence-electron chi connectivity index (χ0n) is 13.0. The maximum Gasteiger partial charge on any atom is 0.251 e. The molecule has 2 fully saturated rings. The van der Waals surface area contributed by atoms with E-state index in [0.717, 1.165) is 12.0 Å². The molecular weight excluding hydrogens is 290 g/mol. The summed E-state index contributed by atoms with van der Waals surface area (Å²) in [5.74, 6) is 0.735. The molecular formula is C17H21N5O. The van der Waals surface area contributed by atoms with E-state index in [1.165, 1.54) is 38.7 Å². The van der Waals surface area contributed by atoms with Gasteiger partial charge in [-0.15, -0.1) is 0 Å². The highest BCUT2D eigenvalue weighted by Crippen LogP contribution is 2.27. The van der Waals surface area contributed by atoms with E-state index in [1.54, 1.807) is 0 Å². The Labute approximate surface area is 135 Å². The Hall–Kier alpha value is -2.21. The molecule has 2 atom stereocenters. The Morgan fingerprint density at radius 2 is 1.96 bits per heavy atom. The average Bonchev–Trinajstić information content (AvgIpc) is 3.27. The fourth-order valence-electron chi connectivity index (χ4n) is 3.84. The number of carbonyl (C=O) groups excluding carboxylic acids is 1. The van der Waals surface area contributed by atoms with Crippen molar-refractivity contribution in [2.45, 2.75) is 37.8 Å². The first-order valence-electron chi connectivity index (χ1n) is 8.32. The van der Waals surface area contributed by atoms with E-state index in [4.69, 9.17) is 0 Å². The van der Waals surface area contributed by atoms with Gasteiger partial charge in [-0.05, 0) is 50.9 Å². The molecule has 0 aliphatic carbocycles. The third-order valence-corrected chi connectivity index (χ3v) is 4.99. The van der Waals surface area contributed by atoms with Gasteiger partial charge in [0, 0.05) is 23.2 Å². The summed E-state index contributed by atoms with van der Waals surface area (Å²) in [6.07, 6.45) is 6.19. The van der Waals surface area contributed by atoms with E-state index < -0.39 is 0 Å². The van der Waals surface area contributed by atoms with E-state index in [-0.39, 0.29) is 11.9 Å². The highest BCUT2D eigenvalue weighted by atomic mass is 16.1. The molecule has 2 aromatic rings. The van der Waals surface area contributed by atoms with Crippen LogP contribution in [-0.4, -0.2) is 51.2 Å². The number of amides is 1. The number of carbonyl (C=O) groups is 1. The number of nitrogens with zero attached hydrogens (tertiary/aromatic N) is 3. The second-order valence-corrected chi connectivity index (χ2v) is 6.38. The molecule has 3 heterocycles. The maximum absolute atomic E-state index is 12.5. The number of rotatable bonds is 3. The van der Waals surface area contributed by atoms with Crippen LogP contribution in [0.15, 0.2) is 30.6 Å². The van der Waals surface area contributed by atoms with Crippen LogP contribution in [0.2, 0.25) is 0 Å². The molecule has 1 aromatic heterocycles. The van der Waals surface area contributed by atoms with Crippen LogP contribution in [0.4, 0.5) is 0 Å². The monoisotopic (exact) mass is 311 g/mol. The van der Waals surface area contributed by atoms with Crippen molar-refractivity contribution in [1.29, 1.82) is 0 Å². The molecule has 2 saturated heterocycles. The van der Waals surface area contributed by atoms with Crippen molar-refractivity contribution in [1.82, 2.24) is 25.4 Å². The summed E-state index contributed by atoms with van der Waals surface area (Å²) in [7, 11) is 0. The van der Waals surface area contributed by atoms with Crippen LogP contribution < -0.4 is 5.32 Å². The minimum Gasteiger partial charge on any atom is -0.348 e. The maximum atomic E-state index is 12.5. The molecule has 1 aromatic carbocycles. The van der Waals surface area contributed by atoms with Gasteiger partial charge < -0.3 is 5.32 Å². The second kappa shape index (κ2) is 6.12. The zero-order valence-corrected chi connectivity index (χ0v) is 13.0. The third-order valence-electron chi connectivity index (χ3n) is 4.99. The lowest BCUT2D eigenvalue weighted by Crippen LogP contribution is -2.52. The lowest BCUT2D eigenvalue weighted by molar-refractivity contribution is 0.0868. The molecule has 120 valence electrons. The van der Waals surface area contributed by atoms with Gasteiger partial charge in [-0.3, -0.25) is 14.8 Å². The highest BCUT2D eigenvalue weighted by molar-refractivity contribution is 5.94. The first kappa shape index (κ1) is 14.4. The van der Waals surface area contributed by atoms with Gasteiger partial charge in [-0.2, -0.15) is 5.10 Å². The van der Waals surface area contributed by atoms with Crippen molar-refractivity contribution >= 4 is 5.91 Å². The molecule has 6 nitrogen and oxygen atoms in total. The van der Waals surface area contributed by atoms with Crippen LogP contribution in [-0.2, 0) is 0 Å². The van der Waals surface area contributed by atoms with Crippen molar-refractivity contribution in [3.63, 3.8) is 0 Å². The van der Waals surface area contributed by atoms with Crippen molar-refractivity contribution in [2.24, 2.45) is 0 Å². The molecule has 2 aliphatic rings. The van der Waals surface area contributed by atoms with Crippen molar-refractivity contribution < 1.29 is 4.79 Å². The Morgan fingerprint density at radius 1 is 1.17 bits per heavy atom. The molecule has 0 bridgehead atoms. The van der Waals surface area contributed by atoms with Gasteiger partial charge in [0.25, 0.3) is 5.91 Å². The lowest BCUT2D eigenvalue weighted by Gasteiger charge is -2.37. The summed E-state index contributed by atoms with van der Waals surface area (Å²) < 4.78 is 0. The zero-order chi connectivity index (χ0) is 15.6. The van der Waals surface area contributed by atoms with E-state index in [1.807, 2.05) is 24.3 Å². The number of aromatic nitrogens is 3. The topological polar surface area (TPSA) is 73.9 Å². The van der Waals surface area contributed by atoms with E-state index in [9.17, 15) is 4.79 Å². The summed E-state index contributed by atoms with van der Waals surface area (Å²) in [5, 5.41) is 9.91. The van der Waals surface area contributed by atoms with Crippen LogP contribution in [0.5, 0.6) is 0 Å². The van der Waals surface area contributed by atoms with Gasteiger partial charge in [0.1, 0.15) is 6.33 Å². The van der Waals surface area contributed by atoms with Crippen molar-refractivity contribution in [3.8, 4) is 11.4 Å². The average molecular weight is 311 g/mol. The lowest BCUT2D eigenvalue weighted by atomic mass is 9.96. The molecule has 2 aliphatic heterocycles. The first-order chi connectivity index (χ1) is 11.3. The van der Waals surface area contributed by atoms with E-state index >= 15 is 0 Å². The minimum atomic E-state index is 0.0212. The van der Waals surface area contributed by atoms with Gasteiger partial charge in [-0.25, -0.2) is 4.98 Å². The molecule has 23 heavy (non-hydrogen) atoms. The molecule has 0 spiro atoms. The third kappa shape index (κ3) is 2.86. The number of nitrogens with one attached hydrogen (secondary N) is 2. The number of benzene rings is 1. The molecule has 1 amide bonds. The van der Waals surface area contributed by atoms with E-state index in [2.05, 4.69) is 25.4 Å². The summed E-state index contributed by atoms with van der Waals surface area (Å²) in [4.78, 5) is 19.2. The number of aromatic amines is 1. The van der Waals surface area contributed by atoms with Gasteiger partial charge >= 0.3 is 0 Å². The van der Waals surface area contributed by atoms with E-state index in [0.29, 0.717) is 17.4 Å². The number of hydrogen-bond donors (Lipinski definition) is 2. The van der Waals surface area contributed by atoms with Gasteiger partial charge in [0.05, 0.1) is 0 Å². The Bertz CT molecular complexity index is 667. The summed E-state index contributed by atoms with van der Waals surface area (Å²) in [6.45, 7) is 2.37. The molecule has 6 heteroatoms. The van der Waals surface area contributed by atoms with Gasteiger partial charge in [0.15, 0.2) is 5.82 Å². The predicted molar refractivity (Wildman–Crippen MR) is 86.9 cm³/mol. The Balaban J connectivity index is 1.44. The normalized spacial score (nSPS) is 24.3.